The van der Waals surface area contributed by atoms with E-state index in [4.69, 9.17) is 0 Å². The smallest absolute Gasteiger partial charge is 0.308 e. The molecule has 0 saturated carbocycles. The van der Waals surface area contributed by atoms with Crippen LogP contribution in [0.2, 0.25) is 0 Å². The molecule has 0 bridgehead atoms. The van der Waals surface area contributed by atoms with Crippen molar-refractivity contribution in [3.8, 4) is 0 Å². The molecular formula is C16H18N6O. The zero-order valence-electron chi connectivity index (χ0n) is 12.9. The van der Waals surface area contributed by atoms with Gasteiger partial charge in [-0.3, -0.25) is 15.1 Å². The molecule has 2 amide bonds. The number of aromatic amines is 1. The SMILES string of the molecule is C[C@@H](c1ccc(NC(=O)Nc2ccn[nH]2)cc1)c1ccnn1C. The highest BCUT2D eigenvalue weighted by molar-refractivity contribution is 5.99. The number of amides is 2. The molecule has 0 radical (unpaired) electrons. The molecule has 3 N–H and O–H groups in total. The Balaban J connectivity index is 1.65. The zero-order chi connectivity index (χ0) is 16.2. The topological polar surface area (TPSA) is 87.6 Å². The highest BCUT2D eigenvalue weighted by Gasteiger charge is 2.12. The standard InChI is InChI=1S/C16H18N6O/c1-11(14-7-10-18-22(14)2)12-3-5-13(6-4-12)19-16(23)20-15-8-9-17-21-15/h3-11H,1-2H3,(H3,17,19,20,21,23)/t11-/m0/s1. The molecule has 0 spiro atoms. The van der Waals surface area contributed by atoms with Gasteiger partial charge in [0, 0.05) is 36.6 Å². The summed E-state index contributed by atoms with van der Waals surface area (Å²) in [6.07, 6.45) is 3.37. The maximum absolute atomic E-state index is 11.8. The average Bonchev–Trinajstić information content (AvgIpc) is 3.19. The van der Waals surface area contributed by atoms with Crippen LogP contribution < -0.4 is 10.6 Å². The van der Waals surface area contributed by atoms with Crippen molar-refractivity contribution in [3.05, 3.63) is 60.0 Å². The van der Waals surface area contributed by atoms with E-state index in [9.17, 15) is 4.79 Å². The molecule has 2 heterocycles. The second kappa shape index (κ2) is 6.35. The second-order valence-electron chi connectivity index (χ2n) is 5.27. The highest BCUT2D eigenvalue weighted by atomic mass is 16.2. The summed E-state index contributed by atoms with van der Waals surface area (Å²) in [6.45, 7) is 2.13. The lowest BCUT2D eigenvalue weighted by atomic mass is 9.97. The number of aromatic nitrogens is 4. The summed E-state index contributed by atoms with van der Waals surface area (Å²) < 4.78 is 1.87. The van der Waals surface area contributed by atoms with Crippen LogP contribution in [0.25, 0.3) is 0 Å². The number of anilines is 2. The van der Waals surface area contributed by atoms with Crippen LogP contribution in [-0.4, -0.2) is 26.0 Å². The Morgan fingerprint density at radius 1 is 1.13 bits per heavy atom. The minimum absolute atomic E-state index is 0.232. The van der Waals surface area contributed by atoms with Gasteiger partial charge in [0.1, 0.15) is 5.82 Å². The number of carbonyl (C=O) groups is 1. The first-order chi connectivity index (χ1) is 11.1. The van der Waals surface area contributed by atoms with Crippen molar-refractivity contribution in [2.45, 2.75) is 12.8 Å². The van der Waals surface area contributed by atoms with E-state index in [-0.39, 0.29) is 11.9 Å². The van der Waals surface area contributed by atoms with Gasteiger partial charge in [-0.2, -0.15) is 10.2 Å². The van der Waals surface area contributed by atoms with E-state index >= 15 is 0 Å². The lowest BCUT2D eigenvalue weighted by Gasteiger charge is -2.13. The van der Waals surface area contributed by atoms with E-state index in [0.29, 0.717) is 5.82 Å². The summed E-state index contributed by atoms with van der Waals surface area (Å²) in [7, 11) is 1.93. The molecular weight excluding hydrogens is 292 g/mol. The molecule has 118 valence electrons. The van der Waals surface area contributed by atoms with E-state index in [2.05, 4.69) is 32.9 Å². The Bertz CT molecular complexity index is 775. The molecule has 0 aliphatic rings. The average molecular weight is 310 g/mol. The van der Waals surface area contributed by atoms with Gasteiger partial charge in [-0.25, -0.2) is 4.79 Å². The van der Waals surface area contributed by atoms with Crippen LogP contribution in [-0.2, 0) is 7.05 Å². The molecule has 3 rings (SSSR count). The Labute approximate surface area is 133 Å². The van der Waals surface area contributed by atoms with Crippen LogP contribution in [0.3, 0.4) is 0 Å². The first-order valence-electron chi connectivity index (χ1n) is 7.29. The third kappa shape index (κ3) is 3.39. The molecule has 7 nitrogen and oxygen atoms in total. The normalized spacial score (nSPS) is 11.9. The van der Waals surface area contributed by atoms with Gasteiger partial charge in [-0.15, -0.1) is 0 Å². The number of urea groups is 1. The molecule has 1 aromatic carbocycles. The molecule has 0 aliphatic carbocycles. The fourth-order valence-corrected chi connectivity index (χ4v) is 2.44. The molecule has 0 unspecified atom stereocenters. The van der Waals surface area contributed by atoms with Crippen LogP contribution in [0, 0.1) is 0 Å². The Morgan fingerprint density at radius 3 is 2.52 bits per heavy atom. The van der Waals surface area contributed by atoms with Gasteiger partial charge in [0.2, 0.25) is 0 Å². The summed E-state index contributed by atoms with van der Waals surface area (Å²) in [5.74, 6) is 0.777. The molecule has 0 fully saturated rings. The maximum Gasteiger partial charge on any atom is 0.324 e. The quantitative estimate of drug-likeness (QED) is 0.692. The van der Waals surface area contributed by atoms with E-state index in [1.165, 1.54) is 0 Å². The van der Waals surface area contributed by atoms with Crippen molar-refractivity contribution in [2.75, 3.05) is 10.6 Å². The minimum atomic E-state index is -0.318. The van der Waals surface area contributed by atoms with Crippen molar-refractivity contribution in [1.82, 2.24) is 20.0 Å². The second-order valence-corrected chi connectivity index (χ2v) is 5.27. The van der Waals surface area contributed by atoms with Gasteiger partial charge in [0.25, 0.3) is 0 Å². The van der Waals surface area contributed by atoms with Crippen LogP contribution in [0.4, 0.5) is 16.3 Å². The molecule has 2 aromatic heterocycles. The van der Waals surface area contributed by atoms with Gasteiger partial charge in [0.15, 0.2) is 0 Å². The van der Waals surface area contributed by atoms with Crippen molar-refractivity contribution >= 4 is 17.5 Å². The van der Waals surface area contributed by atoms with Gasteiger partial charge in [-0.1, -0.05) is 19.1 Å². The molecule has 3 aromatic rings. The van der Waals surface area contributed by atoms with Crippen molar-refractivity contribution in [1.29, 1.82) is 0 Å². The number of benzene rings is 1. The summed E-state index contributed by atoms with van der Waals surface area (Å²) in [5, 5.41) is 16.1. The monoisotopic (exact) mass is 310 g/mol. The van der Waals surface area contributed by atoms with Crippen LogP contribution in [0.1, 0.15) is 24.1 Å². The summed E-state index contributed by atoms with van der Waals surface area (Å²) >= 11 is 0. The Morgan fingerprint density at radius 2 is 1.91 bits per heavy atom. The molecule has 0 saturated heterocycles. The number of rotatable bonds is 4. The van der Waals surface area contributed by atoms with Crippen molar-refractivity contribution in [2.24, 2.45) is 7.05 Å². The predicted octanol–water partition coefficient (Wildman–Crippen LogP) is 2.94. The van der Waals surface area contributed by atoms with E-state index < -0.39 is 0 Å². The highest BCUT2D eigenvalue weighted by Crippen LogP contribution is 2.24. The summed E-state index contributed by atoms with van der Waals surface area (Å²) in [5.41, 5.74) is 3.03. The third-order valence-electron chi connectivity index (χ3n) is 3.72. The van der Waals surface area contributed by atoms with Crippen molar-refractivity contribution in [3.63, 3.8) is 0 Å². The van der Waals surface area contributed by atoms with Gasteiger partial charge < -0.3 is 5.32 Å². The fourth-order valence-electron chi connectivity index (χ4n) is 2.44. The maximum atomic E-state index is 11.8. The third-order valence-corrected chi connectivity index (χ3v) is 3.72. The van der Waals surface area contributed by atoms with Crippen LogP contribution in [0.15, 0.2) is 48.8 Å². The lowest BCUT2D eigenvalue weighted by molar-refractivity contribution is 0.262. The first kappa shape index (κ1) is 14.8. The van der Waals surface area contributed by atoms with Crippen LogP contribution in [0.5, 0.6) is 0 Å². The van der Waals surface area contributed by atoms with Gasteiger partial charge in [0.05, 0.1) is 6.20 Å². The number of nitrogens with zero attached hydrogens (tertiary/aromatic N) is 3. The Kier molecular flexibility index (Phi) is 4.09. The molecule has 1 atom stereocenters. The number of H-pyrrole nitrogens is 1. The lowest BCUT2D eigenvalue weighted by Crippen LogP contribution is -2.19. The summed E-state index contributed by atoms with van der Waals surface area (Å²) in [6, 6.07) is 11.1. The number of hydrogen-bond acceptors (Lipinski definition) is 3. The molecule has 0 aliphatic heterocycles. The first-order valence-corrected chi connectivity index (χ1v) is 7.29. The van der Waals surface area contributed by atoms with Crippen molar-refractivity contribution < 1.29 is 4.79 Å². The van der Waals surface area contributed by atoms with Gasteiger partial charge in [-0.05, 0) is 23.8 Å². The van der Waals surface area contributed by atoms with E-state index in [0.717, 1.165) is 16.9 Å². The van der Waals surface area contributed by atoms with E-state index in [1.54, 1.807) is 18.5 Å². The fraction of sp³-hybridized carbons (Fsp3) is 0.188. The number of hydrogen-bond donors (Lipinski definition) is 3. The zero-order valence-corrected chi connectivity index (χ0v) is 12.9. The summed E-state index contributed by atoms with van der Waals surface area (Å²) in [4.78, 5) is 11.8. The van der Waals surface area contributed by atoms with E-state index in [1.807, 2.05) is 42.1 Å². The number of carbonyl (C=O) groups excluding carboxylic acids is 1. The van der Waals surface area contributed by atoms with Crippen LogP contribution >= 0.6 is 0 Å². The predicted molar refractivity (Wildman–Crippen MR) is 88.4 cm³/mol. The molecule has 23 heavy (non-hydrogen) atoms. The van der Waals surface area contributed by atoms with Gasteiger partial charge >= 0.3 is 6.03 Å². The Hall–Kier alpha value is -3.09. The largest absolute Gasteiger partial charge is 0.324 e. The molecule has 7 heteroatoms. The minimum Gasteiger partial charge on any atom is -0.308 e. The number of nitrogens with one attached hydrogen (secondary N) is 3. The number of aryl methyl sites for hydroxylation is 1.